The lowest BCUT2D eigenvalue weighted by atomic mass is 9.92. The topological polar surface area (TPSA) is 69.9 Å². The van der Waals surface area contributed by atoms with Crippen molar-refractivity contribution >= 4 is 11.6 Å². The summed E-state index contributed by atoms with van der Waals surface area (Å²) in [5.41, 5.74) is 3.66. The van der Waals surface area contributed by atoms with E-state index in [-0.39, 0.29) is 0 Å². The van der Waals surface area contributed by atoms with E-state index in [2.05, 4.69) is 19.1 Å². The third-order valence-corrected chi connectivity index (χ3v) is 5.14. The van der Waals surface area contributed by atoms with E-state index in [0.717, 1.165) is 17.5 Å². The van der Waals surface area contributed by atoms with Gasteiger partial charge < -0.3 is 20.1 Å². The SMILES string of the molecule is CCc1ccc(Cc2cc([C@@H]3O[C@H](O)C(F)[C@H](O)[C@H]3O)ccc2Cl)cc1. The van der Waals surface area contributed by atoms with E-state index in [1.807, 2.05) is 12.1 Å². The Morgan fingerprint density at radius 3 is 2.31 bits per heavy atom. The van der Waals surface area contributed by atoms with Crippen LogP contribution in [0.4, 0.5) is 4.39 Å². The van der Waals surface area contributed by atoms with Crippen molar-refractivity contribution in [3.8, 4) is 0 Å². The molecule has 0 radical (unpaired) electrons. The summed E-state index contributed by atoms with van der Waals surface area (Å²) in [5.74, 6) is 0. The Hall–Kier alpha value is -1.50. The van der Waals surface area contributed by atoms with Gasteiger partial charge in [-0.3, -0.25) is 0 Å². The number of benzene rings is 2. The molecular formula is C20H22ClFO4. The van der Waals surface area contributed by atoms with Crippen LogP contribution in [-0.2, 0) is 17.6 Å². The highest BCUT2D eigenvalue weighted by Gasteiger charge is 2.44. The fraction of sp³-hybridized carbons (Fsp3) is 0.400. The van der Waals surface area contributed by atoms with Gasteiger partial charge in [0.25, 0.3) is 0 Å². The Bertz CT molecular complexity index is 752. The number of hydrogen-bond acceptors (Lipinski definition) is 4. The first-order valence-corrected chi connectivity index (χ1v) is 8.98. The molecule has 0 aliphatic carbocycles. The summed E-state index contributed by atoms with van der Waals surface area (Å²) < 4.78 is 18.8. The fourth-order valence-electron chi connectivity index (χ4n) is 3.14. The molecule has 0 amide bonds. The summed E-state index contributed by atoms with van der Waals surface area (Å²) in [5, 5.41) is 30.1. The number of aliphatic hydroxyl groups is 3. The van der Waals surface area contributed by atoms with Gasteiger partial charge in [-0.05, 0) is 41.2 Å². The van der Waals surface area contributed by atoms with Crippen molar-refractivity contribution in [2.75, 3.05) is 0 Å². The largest absolute Gasteiger partial charge is 0.387 e. The van der Waals surface area contributed by atoms with Gasteiger partial charge in [0.15, 0.2) is 12.5 Å². The number of halogens is 2. The molecule has 2 aromatic carbocycles. The molecule has 26 heavy (non-hydrogen) atoms. The zero-order valence-corrected chi connectivity index (χ0v) is 15.1. The second-order valence-corrected chi connectivity index (χ2v) is 6.98. The van der Waals surface area contributed by atoms with Gasteiger partial charge in [0.1, 0.15) is 18.3 Å². The van der Waals surface area contributed by atoms with Crippen LogP contribution in [0.15, 0.2) is 42.5 Å². The summed E-state index contributed by atoms with van der Waals surface area (Å²) in [6.07, 6.45) is -6.53. The van der Waals surface area contributed by atoms with Crippen molar-refractivity contribution in [1.82, 2.24) is 0 Å². The number of rotatable bonds is 4. The number of aryl methyl sites for hydroxylation is 1. The van der Waals surface area contributed by atoms with Crippen molar-refractivity contribution in [2.24, 2.45) is 0 Å². The maximum Gasteiger partial charge on any atom is 0.189 e. The van der Waals surface area contributed by atoms with Crippen molar-refractivity contribution < 1.29 is 24.4 Å². The van der Waals surface area contributed by atoms with Crippen LogP contribution in [0, 0.1) is 0 Å². The highest BCUT2D eigenvalue weighted by Crippen LogP contribution is 2.34. The highest BCUT2D eigenvalue weighted by molar-refractivity contribution is 6.31. The smallest absolute Gasteiger partial charge is 0.189 e. The first kappa shape index (κ1) is 19.3. The second-order valence-electron chi connectivity index (χ2n) is 6.57. The van der Waals surface area contributed by atoms with Crippen LogP contribution in [0.25, 0.3) is 0 Å². The van der Waals surface area contributed by atoms with Crippen LogP contribution in [-0.4, -0.2) is 40.0 Å². The molecule has 1 saturated heterocycles. The van der Waals surface area contributed by atoms with Gasteiger partial charge in [-0.1, -0.05) is 54.9 Å². The van der Waals surface area contributed by atoms with Crippen LogP contribution in [0.3, 0.4) is 0 Å². The minimum atomic E-state index is -2.05. The Labute approximate surface area is 156 Å². The number of alkyl halides is 1. The summed E-state index contributed by atoms with van der Waals surface area (Å²) >= 11 is 6.30. The molecule has 0 aromatic heterocycles. The first-order valence-electron chi connectivity index (χ1n) is 8.60. The average molecular weight is 381 g/mol. The molecule has 4 nitrogen and oxygen atoms in total. The number of hydrogen-bond donors (Lipinski definition) is 3. The minimum absolute atomic E-state index is 0.520. The maximum atomic E-state index is 13.6. The normalized spacial score (nSPS) is 28.9. The second kappa shape index (κ2) is 8.03. The van der Waals surface area contributed by atoms with Crippen LogP contribution in [0.2, 0.25) is 5.02 Å². The van der Waals surface area contributed by atoms with E-state index in [1.165, 1.54) is 5.56 Å². The zero-order chi connectivity index (χ0) is 18.8. The van der Waals surface area contributed by atoms with E-state index in [1.54, 1.807) is 18.2 Å². The molecule has 1 heterocycles. The predicted octanol–water partition coefficient (Wildman–Crippen LogP) is 2.94. The van der Waals surface area contributed by atoms with Crippen molar-refractivity contribution in [3.63, 3.8) is 0 Å². The third-order valence-electron chi connectivity index (χ3n) is 4.77. The monoisotopic (exact) mass is 380 g/mol. The molecule has 1 unspecified atom stereocenters. The molecule has 1 fully saturated rings. The Kier molecular flexibility index (Phi) is 5.95. The molecule has 0 spiro atoms. The fourth-order valence-corrected chi connectivity index (χ4v) is 3.32. The third kappa shape index (κ3) is 3.92. The van der Waals surface area contributed by atoms with E-state index >= 15 is 0 Å². The van der Waals surface area contributed by atoms with Crippen LogP contribution < -0.4 is 0 Å². The van der Waals surface area contributed by atoms with E-state index < -0.39 is 30.8 Å². The summed E-state index contributed by atoms with van der Waals surface area (Å²) in [7, 11) is 0. The lowest BCUT2D eigenvalue weighted by Crippen LogP contribution is -2.52. The molecule has 2 aromatic rings. The van der Waals surface area contributed by atoms with Gasteiger partial charge in [0, 0.05) is 5.02 Å². The predicted molar refractivity (Wildman–Crippen MR) is 96.8 cm³/mol. The highest BCUT2D eigenvalue weighted by atomic mass is 35.5. The van der Waals surface area contributed by atoms with Crippen LogP contribution >= 0.6 is 11.6 Å². The zero-order valence-electron chi connectivity index (χ0n) is 14.3. The van der Waals surface area contributed by atoms with Crippen molar-refractivity contribution in [1.29, 1.82) is 0 Å². The minimum Gasteiger partial charge on any atom is -0.387 e. The molecular weight excluding hydrogens is 359 g/mol. The summed E-state index contributed by atoms with van der Waals surface area (Å²) in [4.78, 5) is 0. The standard InChI is InChI=1S/C20H22ClFO4/c1-2-11-3-5-12(6-4-11)9-14-10-13(7-8-15(14)21)19-18(24)17(23)16(22)20(25)26-19/h3-8,10,16-20,23-25H,2,9H2,1H3/t16?,17-,18+,19-,20-/m0/s1. The number of aliphatic hydroxyl groups excluding tert-OH is 3. The molecule has 6 heteroatoms. The molecule has 1 aliphatic heterocycles. The van der Waals surface area contributed by atoms with Gasteiger partial charge in [-0.15, -0.1) is 0 Å². The maximum absolute atomic E-state index is 13.6. The summed E-state index contributed by atoms with van der Waals surface area (Å²) in [6, 6.07) is 13.3. The van der Waals surface area contributed by atoms with Gasteiger partial charge >= 0.3 is 0 Å². The van der Waals surface area contributed by atoms with Crippen molar-refractivity contribution in [3.05, 3.63) is 69.7 Å². The Morgan fingerprint density at radius 1 is 1.00 bits per heavy atom. The van der Waals surface area contributed by atoms with Crippen LogP contribution in [0.1, 0.15) is 35.3 Å². The molecule has 3 rings (SSSR count). The number of ether oxygens (including phenoxy) is 1. The molecule has 0 saturated carbocycles. The van der Waals surface area contributed by atoms with E-state index in [9.17, 15) is 19.7 Å². The molecule has 1 aliphatic rings. The quantitative estimate of drug-likeness (QED) is 0.762. The molecule has 0 bridgehead atoms. The van der Waals surface area contributed by atoms with Gasteiger partial charge in [-0.2, -0.15) is 0 Å². The molecule has 3 N–H and O–H groups in total. The van der Waals surface area contributed by atoms with Crippen LogP contribution in [0.5, 0.6) is 0 Å². The molecule has 5 atom stereocenters. The lowest BCUT2D eigenvalue weighted by molar-refractivity contribution is -0.268. The lowest BCUT2D eigenvalue weighted by Gasteiger charge is -2.37. The molecule has 140 valence electrons. The Balaban J connectivity index is 1.85. The average Bonchev–Trinajstić information content (AvgIpc) is 2.65. The van der Waals surface area contributed by atoms with E-state index in [4.69, 9.17) is 16.3 Å². The van der Waals surface area contributed by atoms with Crippen molar-refractivity contribution in [2.45, 2.75) is 50.5 Å². The Morgan fingerprint density at radius 2 is 1.65 bits per heavy atom. The van der Waals surface area contributed by atoms with Gasteiger partial charge in [0.05, 0.1) is 0 Å². The van der Waals surface area contributed by atoms with Gasteiger partial charge in [0.2, 0.25) is 0 Å². The summed E-state index contributed by atoms with van der Waals surface area (Å²) in [6.45, 7) is 2.09. The van der Waals surface area contributed by atoms with Gasteiger partial charge in [-0.25, -0.2) is 4.39 Å². The van der Waals surface area contributed by atoms with E-state index in [0.29, 0.717) is 17.0 Å². The first-order chi connectivity index (χ1) is 12.4.